The highest BCUT2D eigenvalue weighted by Crippen LogP contribution is 2.10. The van der Waals surface area contributed by atoms with Crippen LogP contribution in [-0.4, -0.2) is 60.9 Å². The number of hydrogen-bond acceptors (Lipinski definition) is 4. The fourth-order valence-electron chi connectivity index (χ4n) is 2.49. The molecule has 2 aliphatic rings. The first-order valence-electron chi connectivity index (χ1n) is 6.51. The molecule has 2 heterocycles. The smallest absolute Gasteiger partial charge is 0.234 e. The molecule has 2 fully saturated rings. The normalized spacial score (nSPS) is 27.9. The average molecular weight is 242 g/mol. The lowest BCUT2D eigenvalue weighted by molar-refractivity contribution is -0.124. The Morgan fingerprint density at radius 1 is 1.35 bits per heavy atom. The van der Waals surface area contributed by atoms with Crippen LogP contribution in [-0.2, 0) is 9.53 Å². The Morgan fingerprint density at radius 3 is 2.82 bits per heavy atom. The number of aliphatic hydroxyl groups excluding tert-OH is 1. The van der Waals surface area contributed by atoms with E-state index in [0.717, 1.165) is 45.4 Å². The third-order valence-electron chi connectivity index (χ3n) is 3.43. The van der Waals surface area contributed by atoms with Gasteiger partial charge in [-0.15, -0.1) is 0 Å². The predicted molar refractivity (Wildman–Crippen MR) is 63.7 cm³/mol. The summed E-state index contributed by atoms with van der Waals surface area (Å²) >= 11 is 0. The molecule has 0 aromatic heterocycles. The Kier molecular flexibility index (Phi) is 4.76. The summed E-state index contributed by atoms with van der Waals surface area (Å²) in [4.78, 5) is 13.8. The third kappa shape index (κ3) is 4.26. The van der Waals surface area contributed by atoms with Crippen molar-refractivity contribution in [1.29, 1.82) is 0 Å². The Bertz CT molecular complexity index is 254. The largest absolute Gasteiger partial charge is 0.392 e. The number of piperidine rings is 1. The minimum absolute atomic E-state index is 0.0750. The first-order chi connectivity index (χ1) is 8.24. The highest BCUT2D eigenvalue weighted by Gasteiger charge is 2.21. The molecular formula is C12H22N2O3. The fourth-order valence-corrected chi connectivity index (χ4v) is 2.49. The van der Waals surface area contributed by atoms with Gasteiger partial charge in [0, 0.05) is 25.8 Å². The van der Waals surface area contributed by atoms with E-state index >= 15 is 0 Å². The van der Waals surface area contributed by atoms with Crippen molar-refractivity contribution < 1.29 is 14.6 Å². The molecule has 0 aromatic rings. The number of likely N-dealkylation sites (tertiary alicyclic amines) is 1. The molecule has 0 saturated carbocycles. The van der Waals surface area contributed by atoms with Crippen LogP contribution in [0.25, 0.3) is 0 Å². The summed E-state index contributed by atoms with van der Waals surface area (Å²) in [6.45, 7) is 3.44. The number of nitrogens with zero attached hydrogens (tertiary/aromatic N) is 1. The van der Waals surface area contributed by atoms with E-state index in [-0.39, 0.29) is 18.1 Å². The molecule has 0 unspecified atom stereocenters. The topological polar surface area (TPSA) is 61.8 Å². The van der Waals surface area contributed by atoms with Gasteiger partial charge in [-0.25, -0.2) is 0 Å². The second kappa shape index (κ2) is 6.33. The zero-order valence-corrected chi connectivity index (χ0v) is 10.2. The summed E-state index contributed by atoms with van der Waals surface area (Å²) in [6.07, 6.45) is 3.40. The SMILES string of the molecule is O=C(CN1CCC[C@H](O)C1)NC1CCOCC1. The third-order valence-corrected chi connectivity index (χ3v) is 3.43. The maximum Gasteiger partial charge on any atom is 0.234 e. The van der Waals surface area contributed by atoms with Gasteiger partial charge in [0.15, 0.2) is 0 Å². The minimum atomic E-state index is -0.264. The van der Waals surface area contributed by atoms with Crippen LogP contribution in [0.4, 0.5) is 0 Å². The number of carbonyl (C=O) groups is 1. The molecule has 0 aliphatic carbocycles. The van der Waals surface area contributed by atoms with Crippen molar-refractivity contribution in [2.45, 2.75) is 37.8 Å². The number of rotatable bonds is 3. The lowest BCUT2D eigenvalue weighted by Gasteiger charge is -2.30. The number of hydrogen-bond donors (Lipinski definition) is 2. The highest BCUT2D eigenvalue weighted by atomic mass is 16.5. The fraction of sp³-hybridized carbons (Fsp3) is 0.917. The van der Waals surface area contributed by atoms with E-state index < -0.39 is 0 Å². The monoisotopic (exact) mass is 242 g/mol. The summed E-state index contributed by atoms with van der Waals surface area (Å²) in [6, 6.07) is 0.269. The first-order valence-corrected chi connectivity index (χ1v) is 6.51. The maximum atomic E-state index is 11.8. The van der Waals surface area contributed by atoms with E-state index in [2.05, 4.69) is 5.32 Å². The molecule has 5 nitrogen and oxygen atoms in total. The van der Waals surface area contributed by atoms with Crippen LogP contribution in [0.1, 0.15) is 25.7 Å². The molecule has 2 rings (SSSR count). The minimum Gasteiger partial charge on any atom is -0.392 e. The van der Waals surface area contributed by atoms with Gasteiger partial charge in [-0.05, 0) is 32.2 Å². The van der Waals surface area contributed by atoms with E-state index in [1.807, 2.05) is 4.90 Å². The van der Waals surface area contributed by atoms with Crippen LogP contribution in [0.3, 0.4) is 0 Å². The molecule has 98 valence electrons. The van der Waals surface area contributed by atoms with E-state index in [4.69, 9.17) is 4.74 Å². The van der Waals surface area contributed by atoms with Crippen molar-refractivity contribution in [3.63, 3.8) is 0 Å². The van der Waals surface area contributed by atoms with E-state index in [1.165, 1.54) is 0 Å². The van der Waals surface area contributed by atoms with Gasteiger partial charge in [0.2, 0.25) is 5.91 Å². The molecular weight excluding hydrogens is 220 g/mol. The Morgan fingerprint density at radius 2 is 2.12 bits per heavy atom. The number of ether oxygens (including phenoxy) is 1. The van der Waals surface area contributed by atoms with Gasteiger partial charge in [0.05, 0.1) is 12.6 Å². The summed E-state index contributed by atoms with van der Waals surface area (Å²) in [5.41, 5.74) is 0. The second-order valence-electron chi connectivity index (χ2n) is 4.99. The van der Waals surface area contributed by atoms with Crippen molar-refractivity contribution in [2.75, 3.05) is 32.8 Å². The zero-order chi connectivity index (χ0) is 12.1. The van der Waals surface area contributed by atoms with Crippen LogP contribution >= 0.6 is 0 Å². The number of β-amino-alcohol motifs (C(OH)–C–C–N with tert-alkyl or cyclic N) is 1. The maximum absolute atomic E-state index is 11.8. The van der Waals surface area contributed by atoms with E-state index in [9.17, 15) is 9.90 Å². The molecule has 0 aromatic carbocycles. The first kappa shape index (κ1) is 12.8. The number of carbonyl (C=O) groups excluding carboxylic acids is 1. The van der Waals surface area contributed by atoms with Crippen molar-refractivity contribution in [2.24, 2.45) is 0 Å². The number of aliphatic hydroxyl groups is 1. The van der Waals surface area contributed by atoms with Crippen LogP contribution < -0.4 is 5.32 Å². The quantitative estimate of drug-likeness (QED) is 0.716. The van der Waals surface area contributed by atoms with Gasteiger partial charge in [-0.1, -0.05) is 0 Å². The van der Waals surface area contributed by atoms with Gasteiger partial charge in [0.1, 0.15) is 0 Å². The van der Waals surface area contributed by atoms with Crippen molar-refractivity contribution in [3.05, 3.63) is 0 Å². The van der Waals surface area contributed by atoms with Crippen LogP contribution in [0.5, 0.6) is 0 Å². The van der Waals surface area contributed by atoms with Crippen LogP contribution in [0.15, 0.2) is 0 Å². The molecule has 1 amide bonds. The van der Waals surface area contributed by atoms with Gasteiger partial charge in [-0.2, -0.15) is 0 Å². The summed E-state index contributed by atoms with van der Waals surface area (Å²) in [5.74, 6) is 0.0750. The van der Waals surface area contributed by atoms with E-state index in [0.29, 0.717) is 13.1 Å². The summed E-state index contributed by atoms with van der Waals surface area (Å²) in [7, 11) is 0. The molecule has 0 bridgehead atoms. The van der Waals surface area contributed by atoms with Gasteiger partial charge >= 0.3 is 0 Å². The van der Waals surface area contributed by atoms with E-state index in [1.54, 1.807) is 0 Å². The summed E-state index contributed by atoms with van der Waals surface area (Å²) < 4.78 is 5.25. The Balaban J connectivity index is 1.68. The predicted octanol–water partition coefficient (Wildman–Crippen LogP) is -0.262. The van der Waals surface area contributed by atoms with Crippen LogP contribution in [0.2, 0.25) is 0 Å². The average Bonchev–Trinajstić information content (AvgIpc) is 2.30. The lowest BCUT2D eigenvalue weighted by Crippen LogP contribution is -2.47. The molecule has 2 saturated heterocycles. The Hall–Kier alpha value is -0.650. The molecule has 0 radical (unpaired) electrons. The van der Waals surface area contributed by atoms with Crippen molar-refractivity contribution >= 4 is 5.91 Å². The molecule has 2 N–H and O–H groups in total. The molecule has 2 aliphatic heterocycles. The van der Waals surface area contributed by atoms with Crippen LogP contribution in [0, 0.1) is 0 Å². The number of nitrogens with one attached hydrogen (secondary N) is 1. The second-order valence-corrected chi connectivity index (χ2v) is 4.99. The Labute approximate surface area is 102 Å². The zero-order valence-electron chi connectivity index (χ0n) is 10.2. The van der Waals surface area contributed by atoms with Gasteiger partial charge in [-0.3, -0.25) is 9.69 Å². The molecule has 17 heavy (non-hydrogen) atoms. The van der Waals surface area contributed by atoms with Crippen molar-refractivity contribution in [1.82, 2.24) is 10.2 Å². The standard InChI is InChI=1S/C12H22N2O3/c15-11-2-1-5-14(8-11)9-12(16)13-10-3-6-17-7-4-10/h10-11,15H,1-9H2,(H,13,16)/t11-/m0/s1. The molecule has 5 heteroatoms. The van der Waals surface area contributed by atoms with Gasteiger partial charge < -0.3 is 15.2 Å². The molecule has 0 spiro atoms. The van der Waals surface area contributed by atoms with Crippen molar-refractivity contribution in [3.8, 4) is 0 Å². The molecule has 1 atom stereocenters. The number of amides is 1. The van der Waals surface area contributed by atoms with Gasteiger partial charge in [0.25, 0.3) is 0 Å². The lowest BCUT2D eigenvalue weighted by atomic mass is 10.1. The highest BCUT2D eigenvalue weighted by molar-refractivity contribution is 5.78. The summed E-state index contributed by atoms with van der Waals surface area (Å²) in [5, 5.41) is 12.6.